The molecule has 1 rings (SSSR count). The van der Waals surface area contributed by atoms with Crippen molar-refractivity contribution in [3.05, 3.63) is 29.8 Å². The molecule has 0 aromatic heterocycles. The fourth-order valence-electron chi connectivity index (χ4n) is 1.67. The van der Waals surface area contributed by atoms with Gasteiger partial charge in [0.25, 0.3) is 0 Å². The number of ether oxygens (including phenoxy) is 2. The van der Waals surface area contributed by atoms with Crippen LogP contribution in [0.4, 0.5) is 0 Å². The summed E-state index contributed by atoms with van der Waals surface area (Å²) in [6, 6.07) is 8.59. The summed E-state index contributed by atoms with van der Waals surface area (Å²) >= 11 is 0. The largest absolute Gasteiger partial charge is 0.468 e. The van der Waals surface area contributed by atoms with Crippen molar-refractivity contribution in [2.24, 2.45) is 0 Å². The second-order valence-electron chi connectivity index (χ2n) is 3.64. The number of rotatable bonds is 7. The Morgan fingerprint density at radius 2 is 1.88 bits per heavy atom. The summed E-state index contributed by atoms with van der Waals surface area (Å²) in [5.41, 5.74) is 1.30. The van der Waals surface area contributed by atoms with Crippen molar-refractivity contribution < 1.29 is 9.47 Å². The number of hydrogen-bond acceptors (Lipinski definition) is 3. The lowest BCUT2D eigenvalue weighted by Crippen LogP contribution is -2.19. The van der Waals surface area contributed by atoms with Gasteiger partial charge in [0, 0.05) is 13.2 Å². The third kappa shape index (κ3) is 3.83. The van der Waals surface area contributed by atoms with Gasteiger partial charge in [-0.2, -0.15) is 0 Å². The van der Waals surface area contributed by atoms with Crippen LogP contribution in [0.15, 0.2) is 24.3 Å². The van der Waals surface area contributed by atoms with E-state index in [1.807, 2.05) is 12.1 Å². The Morgan fingerprint density at radius 3 is 2.38 bits per heavy atom. The molecule has 0 saturated heterocycles. The topological polar surface area (TPSA) is 30.5 Å². The molecule has 0 heterocycles. The Kier molecular flexibility index (Phi) is 5.90. The fraction of sp³-hybridized carbons (Fsp3) is 0.538. The fourth-order valence-corrected chi connectivity index (χ4v) is 1.67. The maximum atomic E-state index is 5.34. The van der Waals surface area contributed by atoms with Crippen molar-refractivity contribution in [3.63, 3.8) is 0 Å². The van der Waals surface area contributed by atoms with E-state index in [9.17, 15) is 0 Å². The van der Waals surface area contributed by atoms with Crippen LogP contribution in [0.25, 0.3) is 0 Å². The van der Waals surface area contributed by atoms with E-state index in [2.05, 4.69) is 31.3 Å². The van der Waals surface area contributed by atoms with E-state index in [4.69, 9.17) is 9.47 Å². The van der Waals surface area contributed by atoms with Crippen LogP contribution in [0.5, 0.6) is 5.75 Å². The van der Waals surface area contributed by atoms with Crippen molar-refractivity contribution in [3.8, 4) is 5.75 Å². The van der Waals surface area contributed by atoms with Gasteiger partial charge in [-0.05, 0) is 30.7 Å². The Morgan fingerprint density at radius 1 is 1.19 bits per heavy atom. The first kappa shape index (κ1) is 13.0. The maximum Gasteiger partial charge on any atom is 0.188 e. The van der Waals surface area contributed by atoms with Gasteiger partial charge in [0.15, 0.2) is 6.79 Å². The predicted molar refractivity (Wildman–Crippen MR) is 65.7 cm³/mol. The van der Waals surface area contributed by atoms with Crippen LogP contribution in [0, 0.1) is 0 Å². The smallest absolute Gasteiger partial charge is 0.188 e. The molecule has 1 aromatic carbocycles. The highest BCUT2D eigenvalue weighted by Gasteiger charge is 2.06. The Balaban J connectivity index is 2.61. The Hall–Kier alpha value is -1.06. The first-order valence-corrected chi connectivity index (χ1v) is 5.76. The summed E-state index contributed by atoms with van der Waals surface area (Å²) in [7, 11) is 1.62. The molecule has 0 spiro atoms. The minimum atomic E-state index is 0.295. The lowest BCUT2D eigenvalue weighted by molar-refractivity contribution is 0.0511. The van der Waals surface area contributed by atoms with E-state index in [0.717, 1.165) is 18.7 Å². The first-order chi connectivity index (χ1) is 7.81. The molecule has 0 bridgehead atoms. The van der Waals surface area contributed by atoms with E-state index in [0.29, 0.717) is 12.8 Å². The normalized spacial score (nSPS) is 12.4. The molecule has 0 fully saturated rings. The SMILES string of the molecule is CCNC(CC)c1ccc(OCOC)cc1. The minimum Gasteiger partial charge on any atom is -0.468 e. The summed E-state index contributed by atoms with van der Waals surface area (Å²) in [6.45, 7) is 5.59. The molecule has 0 radical (unpaired) electrons. The molecule has 1 N–H and O–H groups in total. The van der Waals surface area contributed by atoms with Crippen molar-refractivity contribution in [2.45, 2.75) is 26.3 Å². The zero-order valence-corrected chi connectivity index (χ0v) is 10.3. The highest BCUT2D eigenvalue weighted by atomic mass is 16.7. The molecule has 16 heavy (non-hydrogen) atoms. The van der Waals surface area contributed by atoms with Crippen LogP contribution in [0.3, 0.4) is 0 Å². The molecule has 0 aliphatic carbocycles. The monoisotopic (exact) mass is 223 g/mol. The van der Waals surface area contributed by atoms with Gasteiger partial charge in [-0.25, -0.2) is 0 Å². The molecule has 1 atom stereocenters. The average Bonchev–Trinajstić information content (AvgIpc) is 2.34. The van der Waals surface area contributed by atoms with E-state index >= 15 is 0 Å². The summed E-state index contributed by atoms with van der Waals surface area (Å²) in [5, 5.41) is 3.45. The van der Waals surface area contributed by atoms with Gasteiger partial charge in [-0.15, -0.1) is 0 Å². The van der Waals surface area contributed by atoms with Crippen LogP contribution < -0.4 is 10.1 Å². The number of nitrogens with one attached hydrogen (secondary N) is 1. The first-order valence-electron chi connectivity index (χ1n) is 5.76. The molecular formula is C13H21NO2. The Labute approximate surface area is 97.8 Å². The second-order valence-corrected chi connectivity index (χ2v) is 3.64. The van der Waals surface area contributed by atoms with Gasteiger partial charge in [0.2, 0.25) is 0 Å². The molecule has 0 aliphatic heterocycles. The third-order valence-electron chi connectivity index (χ3n) is 2.48. The predicted octanol–water partition coefficient (Wildman–Crippen LogP) is 2.73. The van der Waals surface area contributed by atoms with Gasteiger partial charge in [0.1, 0.15) is 5.75 Å². The van der Waals surface area contributed by atoms with Crippen LogP contribution in [-0.2, 0) is 4.74 Å². The summed E-state index contributed by atoms with van der Waals surface area (Å²) < 4.78 is 10.2. The lowest BCUT2D eigenvalue weighted by Gasteiger charge is -2.16. The van der Waals surface area contributed by atoms with Gasteiger partial charge in [-0.1, -0.05) is 26.0 Å². The average molecular weight is 223 g/mol. The van der Waals surface area contributed by atoms with Gasteiger partial charge < -0.3 is 14.8 Å². The van der Waals surface area contributed by atoms with Crippen LogP contribution in [-0.4, -0.2) is 20.4 Å². The third-order valence-corrected chi connectivity index (χ3v) is 2.48. The number of benzene rings is 1. The van der Waals surface area contributed by atoms with Crippen LogP contribution in [0.1, 0.15) is 31.9 Å². The van der Waals surface area contributed by atoms with E-state index in [1.54, 1.807) is 7.11 Å². The molecule has 1 unspecified atom stereocenters. The molecule has 90 valence electrons. The zero-order valence-electron chi connectivity index (χ0n) is 10.3. The standard InChI is InChI=1S/C13H21NO2/c1-4-13(14-5-2)11-6-8-12(9-7-11)16-10-15-3/h6-9,13-14H,4-5,10H2,1-3H3. The summed E-state index contributed by atoms with van der Waals surface area (Å²) in [5.74, 6) is 0.844. The molecule has 0 amide bonds. The summed E-state index contributed by atoms with van der Waals surface area (Å²) in [6.07, 6.45) is 1.09. The minimum absolute atomic E-state index is 0.295. The van der Waals surface area contributed by atoms with Crippen molar-refractivity contribution in [2.75, 3.05) is 20.4 Å². The molecule has 0 saturated carbocycles. The molecule has 0 aliphatic rings. The zero-order chi connectivity index (χ0) is 11.8. The quantitative estimate of drug-likeness (QED) is 0.721. The van der Waals surface area contributed by atoms with Gasteiger partial charge in [-0.3, -0.25) is 0 Å². The van der Waals surface area contributed by atoms with E-state index in [-0.39, 0.29) is 0 Å². The van der Waals surface area contributed by atoms with Crippen molar-refractivity contribution >= 4 is 0 Å². The summed E-state index contributed by atoms with van der Waals surface area (Å²) in [4.78, 5) is 0. The number of methoxy groups -OCH3 is 1. The van der Waals surface area contributed by atoms with E-state index in [1.165, 1.54) is 5.56 Å². The van der Waals surface area contributed by atoms with E-state index < -0.39 is 0 Å². The number of hydrogen-bond donors (Lipinski definition) is 1. The highest BCUT2D eigenvalue weighted by Crippen LogP contribution is 2.19. The maximum absolute atomic E-state index is 5.34. The molecule has 3 nitrogen and oxygen atoms in total. The van der Waals surface area contributed by atoms with Crippen molar-refractivity contribution in [1.82, 2.24) is 5.32 Å². The van der Waals surface area contributed by atoms with Crippen LogP contribution >= 0.6 is 0 Å². The van der Waals surface area contributed by atoms with Gasteiger partial charge in [0.05, 0.1) is 0 Å². The van der Waals surface area contributed by atoms with Gasteiger partial charge >= 0.3 is 0 Å². The van der Waals surface area contributed by atoms with Crippen LogP contribution in [0.2, 0.25) is 0 Å². The molecule has 3 heteroatoms. The van der Waals surface area contributed by atoms with Crippen molar-refractivity contribution in [1.29, 1.82) is 0 Å². The highest BCUT2D eigenvalue weighted by molar-refractivity contribution is 5.29. The molecule has 1 aromatic rings. The molecular weight excluding hydrogens is 202 g/mol. The Bertz CT molecular complexity index is 284. The lowest BCUT2D eigenvalue weighted by atomic mass is 10.0. The second kappa shape index (κ2) is 7.25.